The van der Waals surface area contributed by atoms with Gasteiger partial charge in [0.15, 0.2) is 0 Å². The van der Waals surface area contributed by atoms with Crippen molar-refractivity contribution in [2.24, 2.45) is 17.8 Å². The molecule has 5 rings (SSSR count). The first kappa shape index (κ1) is 26.4. The summed E-state index contributed by atoms with van der Waals surface area (Å²) in [5, 5.41) is 29.3. The number of phenols is 1. The summed E-state index contributed by atoms with van der Waals surface area (Å²) in [7, 11) is -1.68. The molecule has 2 fully saturated rings. The molecule has 0 bridgehead atoms. The molecule has 2 amide bonds. The molecule has 2 saturated heterocycles. The topological polar surface area (TPSA) is 107 Å². The monoisotopic (exact) mass is 515 g/mol. The predicted molar refractivity (Wildman–Crippen MR) is 147 cm³/mol. The highest BCUT2D eigenvalue weighted by Gasteiger charge is 2.56. The van der Waals surface area contributed by atoms with Gasteiger partial charge in [0.2, 0.25) is 11.8 Å². The number of hydrogen-bond donors (Lipinski definition) is 3. The number of imide groups is 1. The van der Waals surface area contributed by atoms with Gasteiger partial charge in [-0.15, -0.1) is 0 Å². The largest absolute Gasteiger partial charge is 0.507 e. The van der Waals surface area contributed by atoms with Gasteiger partial charge in [0.1, 0.15) is 5.75 Å². The minimum absolute atomic E-state index is 0.101. The zero-order valence-electron chi connectivity index (χ0n) is 21.8. The fourth-order valence-electron chi connectivity index (χ4n) is 6.44. The molecule has 2 aromatic rings. The lowest BCUT2D eigenvalue weighted by Gasteiger charge is -2.30. The molecule has 2 aromatic carbocycles. The maximum Gasteiger partial charge on any atom is 0.488 e. The summed E-state index contributed by atoms with van der Waals surface area (Å²) < 4.78 is 6.27. The van der Waals surface area contributed by atoms with Crippen LogP contribution in [-0.4, -0.2) is 46.8 Å². The number of fused-ring (bicyclic) bond motifs is 3. The Morgan fingerprint density at radius 1 is 1.08 bits per heavy atom. The summed E-state index contributed by atoms with van der Waals surface area (Å²) in [6.07, 6.45) is 6.02. The van der Waals surface area contributed by atoms with Gasteiger partial charge in [0.25, 0.3) is 0 Å². The third kappa shape index (κ3) is 4.84. The van der Waals surface area contributed by atoms with Gasteiger partial charge in [-0.1, -0.05) is 60.9 Å². The van der Waals surface area contributed by atoms with E-state index in [9.17, 15) is 24.7 Å². The van der Waals surface area contributed by atoms with Crippen LogP contribution in [0.5, 0.6) is 5.75 Å². The van der Waals surface area contributed by atoms with Crippen LogP contribution in [0.3, 0.4) is 0 Å². The number of rotatable bonds is 8. The lowest BCUT2D eigenvalue weighted by molar-refractivity contribution is -0.122. The van der Waals surface area contributed by atoms with Crippen molar-refractivity contribution in [1.29, 1.82) is 0 Å². The number of allylic oxidation sites excluding steroid dienone is 2. The van der Waals surface area contributed by atoms with E-state index in [0.717, 1.165) is 42.4 Å². The average Bonchev–Trinajstić information content (AvgIpc) is 3.43. The van der Waals surface area contributed by atoms with Gasteiger partial charge >= 0.3 is 7.12 Å². The average molecular weight is 515 g/mol. The Kier molecular flexibility index (Phi) is 7.57. The third-order valence-corrected chi connectivity index (χ3v) is 8.17. The number of ether oxygens (including phenoxy) is 1. The van der Waals surface area contributed by atoms with Gasteiger partial charge < -0.3 is 19.9 Å². The zero-order valence-corrected chi connectivity index (χ0v) is 21.8. The Morgan fingerprint density at radius 2 is 1.87 bits per heavy atom. The summed E-state index contributed by atoms with van der Waals surface area (Å²) in [5.41, 5.74) is 4.95. The van der Waals surface area contributed by atoms with Crippen molar-refractivity contribution in [1.82, 2.24) is 0 Å². The Bertz CT molecular complexity index is 1300. The maximum atomic E-state index is 13.6. The van der Waals surface area contributed by atoms with E-state index < -0.39 is 19.0 Å². The molecule has 0 aromatic heterocycles. The van der Waals surface area contributed by atoms with E-state index in [1.54, 1.807) is 24.3 Å². The molecule has 198 valence electrons. The van der Waals surface area contributed by atoms with Crippen LogP contribution in [0.1, 0.15) is 51.5 Å². The first-order chi connectivity index (χ1) is 18.3. The third-order valence-electron chi connectivity index (χ3n) is 8.17. The van der Waals surface area contributed by atoms with Gasteiger partial charge in [-0.3, -0.25) is 14.5 Å². The second-order valence-electron chi connectivity index (χ2n) is 10.6. The van der Waals surface area contributed by atoms with Crippen molar-refractivity contribution in [2.75, 3.05) is 11.5 Å². The van der Waals surface area contributed by atoms with Crippen LogP contribution in [0, 0.1) is 17.8 Å². The van der Waals surface area contributed by atoms with Crippen molar-refractivity contribution in [3.8, 4) is 5.75 Å². The molecular weight excluding hydrogens is 481 g/mol. The Morgan fingerprint density at radius 3 is 2.61 bits per heavy atom. The van der Waals surface area contributed by atoms with Crippen LogP contribution in [0.15, 0.2) is 65.3 Å². The molecule has 0 saturated carbocycles. The molecule has 8 heteroatoms. The van der Waals surface area contributed by atoms with Crippen LogP contribution in [0.25, 0.3) is 6.08 Å². The van der Waals surface area contributed by atoms with Gasteiger partial charge in [-0.05, 0) is 61.8 Å². The summed E-state index contributed by atoms with van der Waals surface area (Å²) in [6.45, 7) is 4.60. The van der Waals surface area contributed by atoms with Crippen molar-refractivity contribution in [3.63, 3.8) is 0 Å². The maximum absolute atomic E-state index is 13.6. The van der Waals surface area contributed by atoms with Gasteiger partial charge in [0, 0.05) is 11.5 Å². The van der Waals surface area contributed by atoms with Gasteiger partial charge in [-0.2, -0.15) is 0 Å². The number of benzene rings is 2. The van der Waals surface area contributed by atoms with E-state index in [1.165, 1.54) is 16.5 Å². The molecule has 38 heavy (non-hydrogen) atoms. The lowest BCUT2D eigenvalue weighted by atomic mass is 9.70. The molecule has 3 N–H and O–H groups in total. The number of carbonyl (C=O) groups is 2. The normalized spacial score (nSPS) is 25.2. The molecule has 0 radical (unpaired) electrons. The zero-order chi connectivity index (χ0) is 27.0. The number of anilines is 1. The van der Waals surface area contributed by atoms with Crippen LogP contribution >= 0.6 is 0 Å². The Labute approximate surface area is 223 Å². The highest BCUT2D eigenvalue weighted by Crippen LogP contribution is 2.50. The van der Waals surface area contributed by atoms with Crippen LogP contribution < -0.4 is 10.4 Å². The second-order valence-corrected chi connectivity index (χ2v) is 10.6. The minimum atomic E-state index is -1.68. The van der Waals surface area contributed by atoms with E-state index in [1.807, 2.05) is 25.1 Å². The lowest BCUT2D eigenvalue weighted by Crippen LogP contribution is -2.35. The number of amides is 2. The van der Waals surface area contributed by atoms with Crippen LogP contribution in [0.4, 0.5) is 5.69 Å². The van der Waals surface area contributed by atoms with E-state index >= 15 is 0 Å². The first-order valence-corrected chi connectivity index (χ1v) is 13.4. The smallest absolute Gasteiger partial charge is 0.488 e. The van der Waals surface area contributed by atoms with Crippen molar-refractivity contribution in [2.45, 2.75) is 52.1 Å². The number of aromatic hydroxyl groups is 1. The van der Waals surface area contributed by atoms with E-state index in [-0.39, 0.29) is 35.0 Å². The number of nitrogens with zero attached hydrogens (tertiary/aromatic N) is 1. The standard InChI is InChI=1S/C30H34BNO6/c1-3-7-19(15-20-8-4-5-11-25(20)33)12-13-26-27-18(2)14-23-28(24(27)17-38-26)30(35)32(29(23)34)22-10-6-9-21(16-22)31(36)37/h4-6,8-11,15-16,23-24,26,28,33,36-37H,3,7,12-14,17H2,1-2H3/b19-15+/t23-,24+,26-,28-/m1/s1. The second kappa shape index (κ2) is 10.9. The molecule has 4 atom stereocenters. The molecule has 3 aliphatic rings. The van der Waals surface area contributed by atoms with Crippen molar-refractivity contribution in [3.05, 3.63) is 70.8 Å². The summed E-state index contributed by atoms with van der Waals surface area (Å²) in [5.74, 6) is -1.25. The predicted octanol–water partition coefficient (Wildman–Crippen LogP) is 3.58. The minimum Gasteiger partial charge on any atom is -0.507 e. The summed E-state index contributed by atoms with van der Waals surface area (Å²) in [6, 6.07) is 13.6. The number of carbonyl (C=O) groups excluding carboxylic acids is 2. The van der Waals surface area contributed by atoms with E-state index in [4.69, 9.17) is 4.74 Å². The molecule has 2 heterocycles. The molecule has 7 nitrogen and oxygen atoms in total. The summed E-state index contributed by atoms with van der Waals surface area (Å²) in [4.78, 5) is 28.3. The van der Waals surface area contributed by atoms with Gasteiger partial charge in [-0.25, -0.2) is 0 Å². The first-order valence-electron chi connectivity index (χ1n) is 13.4. The van der Waals surface area contributed by atoms with Crippen LogP contribution in [-0.2, 0) is 14.3 Å². The molecule has 0 unspecified atom stereocenters. The van der Waals surface area contributed by atoms with Crippen molar-refractivity contribution < 1.29 is 29.5 Å². The molecule has 2 aliphatic heterocycles. The van der Waals surface area contributed by atoms with E-state index in [0.29, 0.717) is 18.7 Å². The Balaban J connectivity index is 1.35. The van der Waals surface area contributed by atoms with E-state index in [2.05, 4.69) is 13.0 Å². The fraction of sp³-hybridized carbons (Fsp3) is 0.400. The SMILES string of the molecule is CCC/C(=C\c1ccccc1O)CC[C@H]1OC[C@H]2C1=C(C)C[C@H]1C(=O)N(c3cccc(B(O)O)c3)C(=O)[C@H]12. The Hall–Kier alpha value is -3.20. The molecular formula is C30H34BNO6. The fourth-order valence-corrected chi connectivity index (χ4v) is 6.44. The van der Waals surface area contributed by atoms with Crippen LogP contribution in [0.2, 0.25) is 0 Å². The molecule has 0 spiro atoms. The number of para-hydroxylation sites is 1. The molecule has 1 aliphatic carbocycles. The van der Waals surface area contributed by atoms with Gasteiger partial charge in [0.05, 0.1) is 30.2 Å². The summed E-state index contributed by atoms with van der Waals surface area (Å²) >= 11 is 0. The quantitative estimate of drug-likeness (QED) is 0.282. The van der Waals surface area contributed by atoms with Crippen molar-refractivity contribution >= 4 is 36.2 Å². The number of phenolic OH excluding ortho intramolecular Hbond substituents is 1. The highest BCUT2D eigenvalue weighted by atomic mass is 16.5. The highest BCUT2D eigenvalue weighted by molar-refractivity contribution is 6.58. The number of hydrogen-bond acceptors (Lipinski definition) is 6.